The molecule has 0 amide bonds. The van der Waals surface area contributed by atoms with Gasteiger partial charge in [-0.05, 0) is 5.41 Å². The lowest BCUT2D eigenvalue weighted by molar-refractivity contribution is 0.0579. The van der Waals surface area contributed by atoms with Crippen molar-refractivity contribution < 1.29 is 14.6 Å². The predicted molar refractivity (Wildman–Crippen MR) is 59.6 cm³/mol. The zero-order valence-electron chi connectivity index (χ0n) is 10.3. The third kappa shape index (κ3) is 2.82. The molecular formula is C11H18N2O3. The molecule has 0 radical (unpaired) electrons. The summed E-state index contributed by atoms with van der Waals surface area (Å²) in [5.41, 5.74) is 0.195. The summed E-state index contributed by atoms with van der Waals surface area (Å²) in [7, 11) is 2.98. The second kappa shape index (κ2) is 4.65. The maximum atomic E-state index is 10.1. The van der Waals surface area contributed by atoms with E-state index in [2.05, 4.69) is 9.97 Å². The van der Waals surface area contributed by atoms with Crippen molar-refractivity contribution >= 4 is 0 Å². The standard InChI is InChI=1S/C11H18N2O3/c1-11(2,3)9(14)7-6-8(15-4)13-10(12-7)16-5/h6,9,14H,1-5H3. The monoisotopic (exact) mass is 226 g/mol. The van der Waals surface area contributed by atoms with E-state index in [1.54, 1.807) is 6.07 Å². The van der Waals surface area contributed by atoms with Gasteiger partial charge in [-0.1, -0.05) is 20.8 Å². The van der Waals surface area contributed by atoms with Crippen LogP contribution in [-0.2, 0) is 0 Å². The summed E-state index contributed by atoms with van der Waals surface area (Å²) in [6, 6.07) is 1.80. The number of aromatic nitrogens is 2. The Morgan fingerprint density at radius 3 is 2.25 bits per heavy atom. The molecule has 0 aliphatic carbocycles. The molecular weight excluding hydrogens is 208 g/mol. The highest BCUT2D eigenvalue weighted by Crippen LogP contribution is 2.33. The number of hydrogen-bond donors (Lipinski definition) is 1. The Balaban J connectivity index is 3.13. The van der Waals surface area contributed by atoms with E-state index in [1.807, 2.05) is 20.8 Å². The van der Waals surface area contributed by atoms with Crippen LogP contribution in [0.15, 0.2) is 6.07 Å². The van der Waals surface area contributed by atoms with Gasteiger partial charge in [0.2, 0.25) is 5.88 Å². The Hall–Kier alpha value is -1.36. The van der Waals surface area contributed by atoms with Crippen molar-refractivity contribution in [3.63, 3.8) is 0 Å². The smallest absolute Gasteiger partial charge is 0.319 e. The topological polar surface area (TPSA) is 64.5 Å². The van der Waals surface area contributed by atoms with Crippen LogP contribution in [0.1, 0.15) is 32.6 Å². The SMILES string of the molecule is COc1cc(C(O)C(C)(C)C)nc(OC)n1. The van der Waals surface area contributed by atoms with Crippen LogP contribution >= 0.6 is 0 Å². The molecule has 1 aromatic rings. The fourth-order valence-electron chi connectivity index (χ4n) is 1.20. The van der Waals surface area contributed by atoms with Gasteiger partial charge in [-0.15, -0.1) is 0 Å². The number of nitrogens with zero attached hydrogens (tertiary/aromatic N) is 2. The third-order valence-electron chi connectivity index (χ3n) is 2.19. The summed E-state index contributed by atoms with van der Waals surface area (Å²) < 4.78 is 9.96. The molecule has 0 aliphatic heterocycles. The van der Waals surface area contributed by atoms with Crippen molar-refractivity contribution in [2.24, 2.45) is 5.41 Å². The summed E-state index contributed by atoms with van der Waals surface area (Å²) in [4.78, 5) is 8.07. The Labute approximate surface area is 95.4 Å². The number of hydrogen-bond acceptors (Lipinski definition) is 5. The van der Waals surface area contributed by atoms with Crippen LogP contribution in [-0.4, -0.2) is 29.3 Å². The average Bonchev–Trinajstić information content (AvgIpc) is 2.26. The summed E-state index contributed by atoms with van der Waals surface area (Å²) in [6.45, 7) is 5.79. The second-order valence-corrected chi connectivity index (χ2v) is 4.59. The highest BCUT2D eigenvalue weighted by molar-refractivity contribution is 5.21. The van der Waals surface area contributed by atoms with E-state index in [1.165, 1.54) is 14.2 Å². The number of methoxy groups -OCH3 is 2. The number of rotatable bonds is 3. The molecule has 0 aliphatic rings. The highest BCUT2D eigenvalue weighted by atomic mass is 16.5. The maximum Gasteiger partial charge on any atom is 0.319 e. The van der Waals surface area contributed by atoms with Crippen LogP contribution in [0.2, 0.25) is 0 Å². The van der Waals surface area contributed by atoms with Crippen LogP contribution in [0, 0.1) is 5.41 Å². The molecule has 0 aromatic carbocycles. The van der Waals surface area contributed by atoms with Crippen LogP contribution in [0.3, 0.4) is 0 Å². The molecule has 0 spiro atoms. The van der Waals surface area contributed by atoms with Gasteiger partial charge < -0.3 is 14.6 Å². The molecule has 0 bridgehead atoms. The largest absolute Gasteiger partial charge is 0.481 e. The highest BCUT2D eigenvalue weighted by Gasteiger charge is 2.26. The van der Waals surface area contributed by atoms with Gasteiger partial charge in [-0.25, -0.2) is 0 Å². The lowest BCUT2D eigenvalue weighted by atomic mass is 9.87. The summed E-state index contributed by atoms with van der Waals surface area (Å²) in [6.07, 6.45) is -0.696. The van der Waals surface area contributed by atoms with Crippen molar-refractivity contribution in [2.75, 3.05) is 14.2 Å². The first-order valence-electron chi connectivity index (χ1n) is 5.03. The number of aliphatic hydroxyl groups is 1. The lowest BCUT2D eigenvalue weighted by Crippen LogP contribution is -2.19. The number of ether oxygens (including phenoxy) is 2. The first kappa shape index (κ1) is 12.7. The van der Waals surface area contributed by atoms with Crippen LogP contribution in [0.25, 0.3) is 0 Å². The lowest BCUT2D eigenvalue weighted by Gasteiger charge is -2.25. The summed E-state index contributed by atoms with van der Waals surface area (Å²) in [5, 5.41) is 10.1. The van der Waals surface area contributed by atoms with Crippen LogP contribution < -0.4 is 9.47 Å². The minimum atomic E-state index is -0.696. The minimum Gasteiger partial charge on any atom is -0.481 e. The van der Waals surface area contributed by atoms with Gasteiger partial charge in [-0.3, -0.25) is 0 Å². The Morgan fingerprint density at radius 1 is 1.19 bits per heavy atom. The molecule has 5 nitrogen and oxygen atoms in total. The molecule has 0 fully saturated rings. The molecule has 90 valence electrons. The maximum absolute atomic E-state index is 10.1. The normalized spacial score (nSPS) is 13.4. The van der Waals surface area contributed by atoms with Gasteiger partial charge in [0, 0.05) is 6.07 Å². The van der Waals surface area contributed by atoms with Gasteiger partial charge in [0.25, 0.3) is 0 Å². The molecule has 1 rings (SSSR count). The molecule has 0 saturated carbocycles. The molecule has 1 N–H and O–H groups in total. The molecule has 1 unspecified atom stereocenters. The van der Waals surface area contributed by atoms with Gasteiger partial charge in [0.15, 0.2) is 0 Å². The minimum absolute atomic E-state index is 0.192. The average molecular weight is 226 g/mol. The quantitative estimate of drug-likeness (QED) is 0.847. The van der Waals surface area contributed by atoms with E-state index in [0.717, 1.165) is 0 Å². The van der Waals surface area contributed by atoms with E-state index in [4.69, 9.17) is 9.47 Å². The van der Waals surface area contributed by atoms with Crippen LogP contribution in [0.5, 0.6) is 11.9 Å². The first-order chi connectivity index (χ1) is 7.38. The second-order valence-electron chi connectivity index (χ2n) is 4.59. The molecule has 0 saturated heterocycles. The van der Waals surface area contributed by atoms with Gasteiger partial charge >= 0.3 is 6.01 Å². The van der Waals surface area contributed by atoms with E-state index in [-0.39, 0.29) is 11.4 Å². The zero-order valence-corrected chi connectivity index (χ0v) is 10.3. The molecule has 1 atom stereocenters. The summed E-state index contributed by atoms with van der Waals surface area (Å²) >= 11 is 0. The van der Waals surface area contributed by atoms with E-state index >= 15 is 0 Å². The van der Waals surface area contributed by atoms with Gasteiger partial charge in [0.05, 0.1) is 19.9 Å². The zero-order chi connectivity index (χ0) is 12.3. The van der Waals surface area contributed by atoms with Gasteiger partial charge in [-0.2, -0.15) is 9.97 Å². The fourth-order valence-corrected chi connectivity index (χ4v) is 1.20. The van der Waals surface area contributed by atoms with Crippen molar-refractivity contribution in [3.8, 4) is 11.9 Å². The Morgan fingerprint density at radius 2 is 1.81 bits per heavy atom. The van der Waals surface area contributed by atoms with Gasteiger partial charge in [0.1, 0.15) is 6.10 Å². The van der Waals surface area contributed by atoms with E-state index in [0.29, 0.717) is 11.6 Å². The first-order valence-corrected chi connectivity index (χ1v) is 5.03. The molecule has 1 heterocycles. The number of aliphatic hydroxyl groups excluding tert-OH is 1. The predicted octanol–water partition coefficient (Wildman–Crippen LogP) is 1.57. The summed E-state index contributed by atoms with van der Waals surface area (Å²) in [5.74, 6) is 0.380. The van der Waals surface area contributed by atoms with Crippen molar-refractivity contribution in [1.82, 2.24) is 9.97 Å². The van der Waals surface area contributed by atoms with Crippen molar-refractivity contribution in [2.45, 2.75) is 26.9 Å². The van der Waals surface area contributed by atoms with Crippen molar-refractivity contribution in [1.29, 1.82) is 0 Å². The molecule has 5 heteroatoms. The Bertz CT molecular complexity index is 338. The van der Waals surface area contributed by atoms with Crippen LogP contribution in [0.4, 0.5) is 0 Å². The van der Waals surface area contributed by atoms with E-state index in [9.17, 15) is 5.11 Å². The van der Waals surface area contributed by atoms with E-state index < -0.39 is 6.10 Å². The Kier molecular flexibility index (Phi) is 3.70. The fraction of sp³-hybridized carbons (Fsp3) is 0.636. The molecule has 16 heavy (non-hydrogen) atoms. The van der Waals surface area contributed by atoms with Crippen molar-refractivity contribution in [3.05, 3.63) is 11.8 Å². The molecule has 1 aromatic heterocycles. The third-order valence-corrected chi connectivity index (χ3v) is 2.19.